The molecule has 0 unspecified atom stereocenters. The molecule has 1 N–H and O–H groups in total. The monoisotopic (exact) mass is 312 g/mol. The van der Waals surface area contributed by atoms with Crippen LogP contribution in [0.4, 0.5) is 0 Å². The Balaban J connectivity index is 1.65. The Morgan fingerprint density at radius 2 is 2.20 bits per heavy atom. The second-order valence-electron chi connectivity index (χ2n) is 5.19. The van der Waals surface area contributed by atoms with Gasteiger partial charge in [0.1, 0.15) is 0 Å². The SMILES string of the molecule is CN1CCC[C@@H](C(=O)NCCSc2ccc(Cl)cc2)C1. The van der Waals surface area contributed by atoms with Crippen LogP contribution in [0.2, 0.25) is 5.02 Å². The van der Waals surface area contributed by atoms with Gasteiger partial charge in [-0.25, -0.2) is 0 Å². The highest BCUT2D eigenvalue weighted by atomic mass is 35.5. The van der Waals surface area contributed by atoms with Crippen molar-refractivity contribution in [1.29, 1.82) is 0 Å². The predicted molar refractivity (Wildman–Crippen MR) is 85.4 cm³/mol. The van der Waals surface area contributed by atoms with E-state index < -0.39 is 0 Å². The minimum absolute atomic E-state index is 0.161. The summed E-state index contributed by atoms with van der Waals surface area (Å²) in [4.78, 5) is 15.4. The van der Waals surface area contributed by atoms with E-state index in [1.54, 1.807) is 11.8 Å². The molecule has 1 fully saturated rings. The first kappa shape index (κ1) is 15.7. The lowest BCUT2D eigenvalue weighted by atomic mass is 9.98. The molecule has 3 nitrogen and oxygen atoms in total. The molecule has 1 aromatic rings. The average Bonchev–Trinajstić information content (AvgIpc) is 2.45. The summed E-state index contributed by atoms with van der Waals surface area (Å²) >= 11 is 7.58. The van der Waals surface area contributed by atoms with E-state index in [1.807, 2.05) is 24.3 Å². The van der Waals surface area contributed by atoms with Crippen LogP contribution in [0.1, 0.15) is 12.8 Å². The van der Waals surface area contributed by atoms with Crippen molar-refractivity contribution < 1.29 is 4.79 Å². The average molecular weight is 313 g/mol. The molecule has 0 aromatic heterocycles. The summed E-state index contributed by atoms with van der Waals surface area (Å²) in [5.74, 6) is 1.25. The molecular weight excluding hydrogens is 292 g/mol. The quantitative estimate of drug-likeness (QED) is 0.670. The molecule has 0 bridgehead atoms. The van der Waals surface area contributed by atoms with E-state index in [-0.39, 0.29) is 11.8 Å². The van der Waals surface area contributed by atoms with Crippen LogP contribution >= 0.6 is 23.4 Å². The predicted octanol–water partition coefficient (Wildman–Crippen LogP) is 2.89. The van der Waals surface area contributed by atoms with Crippen LogP contribution in [0.15, 0.2) is 29.2 Å². The summed E-state index contributed by atoms with van der Waals surface area (Å²) < 4.78 is 0. The molecule has 0 spiro atoms. The van der Waals surface area contributed by atoms with Gasteiger partial charge in [-0.05, 0) is 50.7 Å². The van der Waals surface area contributed by atoms with Crippen LogP contribution < -0.4 is 5.32 Å². The topological polar surface area (TPSA) is 32.3 Å². The second-order valence-corrected chi connectivity index (χ2v) is 6.80. The van der Waals surface area contributed by atoms with Crippen LogP contribution in [0.25, 0.3) is 0 Å². The van der Waals surface area contributed by atoms with E-state index in [0.29, 0.717) is 6.54 Å². The van der Waals surface area contributed by atoms with Crippen LogP contribution in [0, 0.1) is 5.92 Å². The molecule has 1 aromatic carbocycles. The van der Waals surface area contributed by atoms with Gasteiger partial charge in [-0.15, -0.1) is 11.8 Å². The summed E-state index contributed by atoms with van der Waals surface area (Å²) in [6, 6.07) is 7.79. The normalized spacial score (nSPS) is 19.8. The molecule has 110 valence electrons. The lowest BCUT2D eigenvalue weighted by Crippen LogP contribution is -2.41. The van der Waals surface area contributed by atoms with Gasteiger partial charge < -0.3 is 10.2 Å². The Bertz CT molecular complexity index is 438. The highest BCUT2D eigenvalue weighted by Crippen LogP contribution is 2.20. The summed E-state index contributed by atoms with van der Waals surface area (Å²) in [7, 11) is 2.08. The lowest BCUT2D eigenvalue weighted by Gasteiger charge is -2.28. The minimum Gasteiger partial charge on any atom is -0.355 e. The minimum atomic E-state index is 0.161. The molecular formula is C15H21ClN2OS. The number of carbonyl (C=O) groups is 1. The molecule has 1 saturated heterocycles. The van der Waals surface area contributed by atoms with Gasteiger partial charge in [0.05, 0.1) is 5.92 Å². The zero-order valence-electron chi connectivity index (χ0n) is 11.8. The third kappa shape index (κ3) is 5.00. The number of amides is 1. The van der Waals surface area contributed by atoms with Gasteiger partial charge in [0.25, 0.3) is 0 Å². The fraction of sp³-hybridized carbons (Fsp3) is 0.533. The smallest absolute Gasteiger partial charge is 0.224 e. The van der Waals surface area contributed by atoms with Crippen molar-refractivity contribution in [2.24, 2.45) is 5.92 Å². The zero-order valence-corrected chi connectivity index (χ0v) is 13.3. The number of hydrogen-bond donors (Lipinski definition) is 1. The number of likely N-dealkylation sites (tertiary alicyclic amines) is 1. The van der Waals surface area contributed by atoms with Gasteiger partial charge in [0, 0.05) is 28.8 Å². The van der Waals surface area contributed by atoms with Crippen molar-refractivity contribution in [3.8, 4) is 0 Å². The fourth-order valence-electron chi connectivity index (χ4n) is 2.40. The van der Waals surface area contributed by atoms with Crippen LogP contribution in [0.3, 0.4) is 0 Å². The van der Waals surface area contributed by atoms with Gasteiger partial charge in [0.15, 0.2) is 0 Å². The number of rotatable bonds is 5. The van der Waals surface area contributed by atoms with Gasteiger partial charge in [-0.1, -0.05) is 11.6 Å². The Morgan fingerprint density at radius 3 is 2.90 bits per heavy atom. The highest BCUT2D eigenvalue weighted by molar-refractivity contribution is 7.99. The Kier molecular flexibility index (Phi) is 6.20. The number of thioether (sulfide) groups is 1. The molecule has 0 radical (unpaired) electrons. The van der Waals surface area contributed by atoms with Crippen LogP contribution in [0.5, 0.6) is 0 Å². The van der Waals surface area contributed by atoms with Gasteiger partial charge >= 0.3 is 0 Å². The number of piperidine rings is 1. The first-order valence-electron chi connectivity index (χ1n) is 7.00. The van der Waals surface area contributed by atoms with Crippen molar-refractivity contribution in [1.82, 2.24) is 10.2 Å². The molecule has 0 aliphatic carbocycles. The lowest BCUT2D eigenvalue weighted by molar-refractivity contribution is -0.126. The highest BCUT2D eigenvalue weighted by Gasteiger charge is 2.23. The molecule has 1 aliphatic rings. The molecule has 1 amide bonds. The van der Waals surface area contributed by atoms with E-state index >= 15 is 0 Å². The summed E-state index contributed by atoms with van der Waals surface area (Å²) in [6.07, 6.45) is 2.13. The molecule has 1 heterocycles. The van der Waals surface area contributed by atoms with Crippen LogP contribution in [-0.4, -0.2) is 43.2 Å². The molecule has 1 aliphatic heterocycles. The third-order valence-electron chi connectivity index (χ3n) is 3.48. The largest absolute Gasteiger partial charge is 0.355 e. The zero-order chi connectivity index (χ0) is 14.4. The Morgan fingerprint density at radius 1 is 1.45 bits per heavy atom. The first-order chi connectivity index (χ1) is 9.65. The standard InChI is InChI=1S/C15H21ClN2OS/c1-18-9-2-3-12(11-18)15(19)17-8-10-20-14-6-4-13(16)5-7-14/h4-7,12H,2-3,8-11H2,1H3,(H,17,19)/t12-/m1/s1. The molecule has 0 saturated carbocycles. The summed E-state index contributed by atoms with van der Waals surface area (Å²) in [5, 5.41) is 3.80. The Hall–Kier alpha value is -0.710. The number of nitrogens with zero attached hydrogens (tertiary/aromatic N) is 1. The van der Waals surface area contributed by atoms with Crippen molar-refractivity contribution >= 4 is 29.3 Å². The maximum atomic E-state index is 12.0. The van der Waals surface area contributed by atoms with Crippen molar-refractivity contribution in [3.63, 3.8) is 0 Å². The number of benzene rings is 1. The summed E-state index contributed by atoms with van der Waals surface area (Å²) in [5.41, 5.74) is 0. The molecule has 2 rings (SSSR count). The van der Waals surface area contributed by atoms with E-state index in [9.17, 15) is 4.79 Å². The van der Waals surface area contributed by atoms with Crippen LogP contribution in [-0.2, 0) is 4.79 Å². The van der Waals surface area contributed by atoms with E-state index in [0.717, 1.165) is 36.7 Å². The molecule has 20 heavy (non-hydrogen) atoms. The number of nitrogens with one attached hydrogen (secondary N) is 1. The van der Waals surface area contributed by atoms with E-state index in [1.165, 1.54) is 4.90 Å². The second kappa shape index (κ2) is 7.91. The van der Waals surface area contributed by atoms with Gasteiger partial charge in [-0.3, -0.25) is 4.79 Å². The maximum absolute atomic E-state index is 12.0. The summed E-state index contributed by atoms with van der Waals surface area (Å²) in [6.45, 7) is 2.71. The van der Waals surface area contributed by atoms with E-state index in [2.05, 4.69) is 17.3 Å². The van der Waals surface area contributed by atoms with Crippen molar-refractivity contribution in [3.05, 3.63) is 29.3 Å². The molecule has 5 heteroatoms. The Labute approximate surface area is 130 Å². The van der Waals surface area contributed by atoms with Gasteiger partial charge in [-0.2, -0.15) is 0 Å². The number of halogens is 1. The number of carbonyl (C=O) groups excluding carboxylic acids is 1. The molecule has 1 atom stereocenters. The fourth-order valence-corrected chi connectivity index (χ4v) is 3.29. The van der Waals surface area contributed by atoms with E-state index in [4.69, 9.17) is 11.6 Å². The van der Waals surface area contributed by atoms with Crippen molar-refractivity contribution in [2.45, 2.75) is 17.7 Å². The number of hydrogen-bond acceptors (Lipinski definition) is 3. The van der Waals surface area contributed by atoms with Gasteiger partial charge in [0.2, 0.25) is 5.91 Å². The maximum Gasteiger partial charge on any atom is 0.224 e. The van der Waals surface area contributed by atoms with Crippen molar-refractivity contribution in [2.75, 3.05) is 32.4 Å². The third-order valence-corrected chi connectivity index (χ3v) is 4.74. The first-order valence-corrected chi connectivity index (χ1v) is 8.36.